The molecule has 1 aromatic heterocycles. The first-order valence-corrected chi connectivity index (χ1v) is 6.60. The molecule has 0 atom stereocenters. The van der Waals surface area contributed by atoms with E-state index in [2.05, 4.69) is 24.0 Å². The number of rotatable bonds is 4. The van der Waals surface area contributed by atoms with Crippen LogP contribution in [0.4, 0.5) is 0 Å². The smallest absolute Gasteiger partial charge is 0.151 e. The largest absolute Gasteiger partial charge is 0.229 e. The van der Waals surface area contributed by atoms with E-state index in [1.165, 1.54) is 27.6 Å². The molecule has 73 valence electrons. The molecule has 0 spiro atoms. The highest BCUT2D eigenvalue weighted by molar-refractivity contribution is 8.01. The summed E-state index contributed by atoms with van der Waals surface area (Å²) in [5.74, 6) is 1.18. The molecule has 0 saturated heterocycles. The van der Waals surface area contributed by atoms with E-state index in [9.17, 15) is 0 Å². The second-order valence-electron chi connectivity index (χ2n) is 3.06. The normalized spacial score (nSPS) is 10.9. The van der Waals surface area contributed by atoms with E-state index in [0.29, 0.717) is 0 Å². The summed E-state index contributed by atoms with van der Waals surface area (Å²) in [6.07, 6.45) is 2.52. The van der Waals surface area contributed by atoms with Crippen molar-refractivity contribution in [2.75, 3.05) is 5.75 Å². The number of fused-ring (bicyclic) bond motifs is 1. The first-order valence-electron chi connectivity index (χ1n) is 4.80. The van der Waals surface area contributed by atoms with Gasteiger partial charge >= 0.3 is 0 Å². The Bertz CT molecular complexity index is 375. The molecule has 2 rings (SSSR count). The molecule has 1 heterocycles. The zero-order chi connectivity index (χ0) is 9.80. The van der Waals surface area contributed by atoms with Gasteiger partial charge in [0.2, 0.25) is 0 Å². The maximum absolute atomic E-state index is 4.51. The van der Waals surface area contributed by atoms with E-state index in [1.807, 2.05) is 23.9 Å². The van der Waals surface area contributed by atoms with Gasteiger partial charge in [0.25, 0.3) is 0 Å². The van der Waals surface area contributed by atoms with Gasteiger partial charge in [-0.25, -0.2) is 4.98 Å². The number of nitrogens with zero attached hydrogens (tertiary/aromatic N) is 1. The Morgan fingerprint density at radius 1 is 1.57 bits per heavy atom. The monoisotopic (exact) mass is 222 g/mol. The van der Waals surface area contributed by atoms with Crippen molar-refractivity contribution in [2.24, 2.45) is 0 Å². The minimum absolute atomic E-state index is 1.01. The third kappa shape index (κ3) is 2.28. The second-order valence-corrected chi connectivity index (χ2v) is 5.44. The summed E-state index contributed by atoms with van der Waals surface area (Å²) in [5, 5.41) is 0. The van der Waals surface area contributed by atoms with Crippen LogP contribution in [0.5, 0.6) is 0 Å². The molecule has 3 heteroatoms. The highest BCUT2D eigenvalue weighted by Crippen LogP contribution is 2.29. The molecule has 0 aliphatic carbocycles. The molecule has 0 N–H and O–H groups in total. The van der Waals surface area contributed by atoms with Gasteiger partial charge < -0.3 is 0 Å². The number of unbranched alkanes of at least 4 members (excludes halogenated alkanes) is 1. The molecule has 14 heavy (non-hydrogen) atoms. The van der Waals surface area contributed by atoms with Crippen LogP contribution in [0.3, 0.4) is 0 Å². The van der Waals surface area contributed by atoms with Crippen molar-refractivity contribution < 1.29 is 0 Å². The van der Waals surface area contributed by atoms with Crippen LogP contribution < -0.4 is 0 Å². The lowest BCUT2D eigenvalue weighted by Gasteiger charge is -1.92. The molecule has 1 nitrogen and oxygen atoms in total. The van der Waals surface area contributed by atoms with Crippen molar-refractivity contribution in [1.29, 1.82) is 0 Å². The number of thiazole rings is 1. The van der Waals surface area contributed by atoms with Crippen LogP contribution in [0.2, 0.25) is 0 Å². The first-order chi connectivity index (χ1) is 6.90. The quantitative estimate of drug-likeness (QED) is 0.573. The molecular formula is C11H12NS2. The van der Waals surface area contributed by atoms with Crippen molar-refractivity contribution in [2.45, 2.75) is 24.1 Å². The van der Waals surface area contributed by atoms with Gasteiger partial charge in [-0.15, -0.1) is 11.3 Å². The molecule has 0 bridgehead atoms. The van der Waals surface area contributed by atoms with Crippen LogP contribution in [0.25, 0.3) is 10.2 Å². The lowest BCUT2D eigenvalue weighted by molar-refractivity contribution is 0.896. The van der Waals surface area contributed by atoms with Crippen molar-refractivity contribution in [1.82, 2.24) is 4.98 Å². The Morgan fingerprint density at radius 3 is 3.29 bits per heavy atom. The van der Waals surface area contributed by atoms with Crippen LogP contribution in [0, 0.1) is 6.07 Å². The summed E-state index contributed by atoms with van der Waals surface area (Å²) < 4.78 is 2.42. The van der Waals surface area contributed by atoms with Gasteiger partial charge in [-0.3, -0.25) is 0 Å². The molecule has 0 aliphatic heterocycles. The predicted octanol–water partition coefficient (Wildman–Crippen LogP) is 3.99. The number of aromatic nitrogens is 1. The van der Waals surface area contributed by atoms with Crippen molar-refractivity contribution >= 4 is 33.3 Å². The van der Waals surface area contributed by atoms with Crippen molar-refractivity contribution in [3.8, 4) is 0 Å². The molecule has 0 fully saturated rings. The third-order valence-electron chi connectivity index (χ3n) is 1.92. The standard InChI is InChI=1S/C11H12NS2/c1-2-3-8-13-11-12-9-6-4-5-7-10(9)14-11/h4-5,7H,2-3,8H2,1H3. The lowest BCUT2D eigenvalue weighted by Crippen LogP contribution is -1.76. The summed E-state index contributed by atoms with van der Waals surface area (Å²) in [6.45, 7) is 2.21. The summed E-state index contributed by atoms with van der Waals surface area (Å²) >= 11 is 3.63. The number of benzene rings is 1. The summed E-state index contributed by atoms with van der Waals surface area (Å²) in [6, 6.07) is 9.19. The maximum Gasteiger partial charge on any atom is 0.151 e. The molecule has 0 saturated carbocycles. The predicted molar refractivity (Wildman–Crippen MR) is 64.1 cm³/mol. The minimum atomic E-state index is 1.01. The number of thioether (sulfide) groups is 1. The highest BCUT2D eigenvalue weighted by Gasteiger charge is 2.02. The van der Waals surface area contributed by atoms with Crippen LogP contribution >= 0.6 is 23.1 Å². The van der Waals surface area contributed by atoms with Gasteiger partial charge in [-0.1, -0.05) is 37.2 Å². The number of hydrogen-bond acceptors (Lipinski definition) is 3. The fourth-order valence-corrected chi connectivity index (χ4v) is 3.35. The topological polar surface area (TPSA) is 12.9 Å². The Morgan fingerprint density at radius 2 is 2.50 bits per heavy atom. The Balaban J connectivity index is 2.11. The molecule has 0 unspecified atom stereocenters. The van der Waals surface area contributed by atoms with E-state index in [-0.39, 0.29) is 0 Å². The molecule has 2 aromatic rings. The zero-order valence-corrected chi connectivity index (χ0v) is 9.75. The average Bonchev–Trinajstić information content (AvgIpc) is 2.60. The van der Waals surface area contributed by atoms with Gasteiger partial charge in [-0.2, -0.15) is 0 Å². The van der Waals surface area contributed by atoms with Gasteiger partial charge in [0.05, 0.1) is 10.2 Å². The second kappa shape index (κ2) is 4.80. The Hall–Kier alpha value is -0.540. The highest BCUT2D eigenvalue weighted by atomic mass is 32.2. The van der Waals surface area contributed by atoms with E-state index in [0.717, 1.165) is 5.52 Å². The van der Waals surface area contributed by atoms with Crippen LogP contribution in [-0.4, -0.2) is 10.7 Å². The minimum Gasteiger partial charge on any atom is -0.229 e. The van der Waals surface area contributed by atoms with E-state index in [1.54, 1.807) is 11.3 Å². The number of hydrogen-bond donors (Lipinski definition) is 0. The number of para-hydroxylation sites is 1. The van der Waals surface area contributed by atoms with E-state index < -0.39 is 0 Å². The third-order valence-corrected chi connectivity index (χ3v) is 4.17. The Kier molecular flexibility index (Phi) is 3.43. The average molecular weight is 222 g/mol. The Labute approximate surface area is 92.6 Å². The van der Waals surface area contributed by atoms with E-state index >= 15 is 0 Å². The molecular weight excluding hydrogens is 210 g/mol. The molecule has 0 aliphatic rings. The first kappa shape index (κ1) is 9.99. The van der Waals surface area contributed by atoms with Gasteiger partial charge in [0, 0.05) is 11.8 Å². The van der Waals surface area contributed by atoms with Crippen LogP contribution in [0.1, 0.15) is 19.8 Å². The SMILES string of the molecule is CCCCSc1nc2[c]cccc2s1. The molecule has 1 aromatic carbocycles. The maximum atomic E-state index is 4.51. The van der Waals surface area contributed by atoms with Crippen molar-refractivity contribution in [3.63, 3.8) is 0 Å². The fraction of sp³-hybridized carbons (Fsp3) is 0.364. The molecule has 0 amide bonds. The summed E-state index contributed by atoms with van der Waals surface area (Å²) in [4.78, 5) is 4.51. The van der Waals surface area contributed by atoms with Crippen LogP contribution in [0.15, 0.2) is 22.5 Å². The van der Waals surface area contributed by atoms with Gasteiger partial charge in [0.1, 0.15) is 0 Å². The fourth-order valence-electron chi connectivity index (χ4n) is 1.16. The van der Waals surface area contributed by atoms with Gasteiger partial charge in [-0.05, 0) is 12.5 Å². The zero-order valence-electron chi connectivity index (χ0n) is 8.12. The molecule has 1 radical (unpaired) electrons. The van der Waals surface area contributed by atoms with Gasteiger partial charge in [0.15, 0.2) is 4.34 Å². The lowest BCUT2D eigenvalue weighted by atomic mass is 10.3. The summed E-state index contributed by atoms with van der Waals surface area (Å²) in [5.41, 5.74) is 1.01. The van der Waals surface area contributed by atoms with Crippen LogP contribution in [-0.2, 0) is 0 Å². The summed E-state index contributed by atoms with van der Waals surface area (Å²) in [7, 11) is 0. The van der Waals surface area contributed by atoms with E-state index in [4.69, 9.17) is 0 Å². The van der Waals surface area contributed by atoms with Crippen molar-refractivity contribution in [3.05, 3.63) is 24.3 Å².